The molecule has 166 valence electrons. The molecule has 2 N–H and O–H groups in total. The number of sulfone groups is 1. The molecule has 0 amide bonds. The second-order valence-electron chi connectivity index (χ2n) is 7.77. The van der Waals surface area contributed by atoms with E-state index in [2.05, 4.69) is 15.2 Å². The predicted molar refractivity (Wildman–Crippen MR) is 114 cm³/mol. The molecule has 0 unspecified atom stereocenters. The van der Waals surface area contributed by atoms with Crippen LogP contribution in [-0.4, -0.2) is 44.5 Å². The fraction of sp³-hybridized carbons (Fsp3) is 0.333. The maximum atomic E-state index is 13.6. The first-order valence-corrected chi connectivity index (χ1v) is 11.6. The summed E-state index contributed by atoms with van der Waals surface area (Å²) in [6.07, 6.45) is -1.93. The molecule has 1 fully saturated rings. The van der Waals surface area contributed by atoms with Gasteiger partial charge in [0.15, 0.2) is 0 Å². The van der Waals surface area contributed by atoms with Crippen LogP contribution < -0.4 is 5.32 Å². The lowest BCUT2D eigenvalue weighted by atomic mass is 10.0. The number of hydrogen-bond acceptors (Lipinski definition) is 4. The van der Waals surface area contributed by atoms with E-state index in [1.54, 1.807) is 12.1 Å². The summed E-state index contributed by atoms with van der Waals surface area (Å²) in [5.41, 5.74) is -0.534. The first-order valence-electron chi connectivity index (χ1n) is 9.74. The Morgan fingerprint density at radius 2 is 1.84 bits per heavy atom. The van der Waals surface area contributed by atoms with Crippen molar-refractivity contribution in [3.63, 3.8) is 0 Å². The third kappa shape index (κ3) is 4.40. The van der Waals surface area contributed by atoms with Crippen LogP contribution in [0.5, 0.6) is 0 Å². The lowest BCUT2D eigenvalue weighted by Crippen LogP contribution is -2.37. The van der Waals surface area contributed by atoms with Gasteiger partial charge >= 0.3 is 6.18 Å². The van der Waals surface area contributed by atoms with Crippen LogP contribution in [0.4, 0.5) is 18.9 Å². The third-order valence-electron chi connectivity index (χ3n) is 5.58. The van der Waals surface area contributed by atoms with Gasteiger partial charge in [-0.2, -0.15) is 13.2 Å². The SMILES string of the molecule is CN1CCC(Nc2cc(S(=O)(=O)c3c[nH]c4ccc(Cl)cc34)ccc2C(F)(F)F)CC1. The highest BCUT2D eigenvalue weighted by Crippen LogP contribution is 2.38. The number of fused-ring (bicyclic) bond motifs is 1. The largest absolute Gasteiger partial charge is 0.418 e. The zero-order valence-electron chi connectivity index (χ0n) is 16.6. The van der Waals surface area contributed by atoms with Crippen molar-refractivity contribution in [1.82, 2.24) is 9.88 Å². The molecule has 0 saturated carbocycles. The van der Waals surface area contributed by atoms with Crippen LogP contribution in [-0.2, 0) is 16.0 Å². The molecule has 0 radical (unpaired) electrons. The Kier molecular flexibility index (Phi) is 5.70. The van der Waals surface area contributed by atoms with E-state index in [0.29, 0.717) is 28.8 Å². The monoisotopic (exact) mass is 471 g/mol. The average molecular weight is 472 g/mol. The summed E-state index contributed by atoms with van der Waals surface area (Å²) in [6.45, 7) is 1.51. The Hall–Kier alpha value is -2.23. The zero-order valence-corrected chi connectivity index (χ0v) is 18.2. The van der Waals surface area contributed by atoms with Crippen LogP contribution in [0.3, 0.4) is 0 Å². The standard InChI is InChI=1S/C21H21ClF3N3O2S/c1-28-8-6-14(7-9-28)27-19-11-15(3-4-17(19)21(23,24)25)31(29,30)20-12-26-18-5-2-13(22)10-16(18)20/h2-5,10-12,14,26-27H,6-9H2,1H3. The number of aromatic nitrogens is 1. The molecule has 1 aromatic heterocycles. The van der Waals surface area contributed by atoms with Crippen LogP contribution >= 0.6 is 11.6 Å². The third-order valence-corrected chi connectivity index (χ3v) is 7.61. The van der Waals surface area contributed by atoms with Gasteiger partial charge in [-0.05, 0) is 69.4 Å². The second kappa shape index (κ2) is 8.03. The van der Waals surface area contributed by atoms with Gasteiger partial charge in [0.05, 0.1) is 15.4 Å². The molecular formula is C21H21ClF3N3O2S. The zero-order chi connectivity index (χ0) is 22.4. The number of benzene rings is 2. The van der Waals surface area contributed by atoms with Gasteiger partial charge in [-0.1, -0.05) is 11.6 Å². The summed E-state index contributed by atoms with van der Waals surface area (Å²) < 4.78 is 67.4. The Bertz CT molecular complexity index is 1220. The van der Waals surface area contributed by atoms with Gasteiger partial charge in [-0.3, -0.25) is 0 Å². The number of anilines is 1. The summed E-state index contributed by atoms with van der Waals surface area (Å²) in [5.74, 6) is 0. The summed E-state index contributed by atoms with van der Waals surface area (Å²) in [4.78, 5) is 4.73. The van der Waals surface area contributed by atoms with Gasteiger partial charge in [0.1, 0.15) is 0 Å². The molecule has 0 atom stereocenters. The smallest absolute Gasteiger partial charge is 0.382 e. The van der Waals surface area contributed by atoms with Gasteiger partial charge in [0.25, 0.3) is 0 Å². The van der Waals surface area contributed by atoms with Gasteiger partial charge < -0.3 is 15.2 Å². The van der Waals surface area contributed by atoms with Gasteiger partial charge in [-0.25, -0.2) is 8.42 Å². The quantitative estimate of drug-likeness (QED) is 0.550. The highest BCUT2D eigenvalue weighted by molar-refractivity contribution is 7.91. The Morgan fingerprint density at radius 1 is 1.13 bits per heavy atom. The molecule has 0 aliphatic carbocycles. The fourth-order valence-corrected chi connectivity index (χ4v) is 5.47. The molecule has 1 aliphatic heterocycles. The van der Waals surface area contributed by atoms with E-state index in [0.717, 1.165) is 31.3 Å². The van der Waals surface area contributed by atoms with E-state index in [-0.39, 0.29) is 21.5 Å². The number of likely N-dealkylation sites (tertiary alicyclic amines) is 1. The molecule has 3 aromatic rings. The molecule has 0 spiro atoms. The number of piperidine rings is 1. The summed E-state index contributed by atoms with van der Waals surface area (Å²) in [6, 6.07) is 7.53. The number of alkyl halides is 3. The van der Waals surface area contributed by atoms with Crippen molar-refractivity contribution >= 4 is 38.0 Å². The van der Waals surface area contributed by atoms with E-state index in [1.807, 2.05) is 7.05 Å². The Morgan fingerprint density at radius 3 is 2.52 bits per heavy atom. The number of nitrogens with zero attached hydrogens (tertiary/aromatic N) is 1. The van der Waals surface area contributed by atoms with E-state index < -0.39 is 21.6 Å². The van der Waals surface area contributed by atoms with Crippen molar-refractivity contribution < 1.29 is 21.6 Å². The summed E-state index contributed by atoms with van der Waals surface area (Å²) in [5, 5.41) is 3.69. The van der Waals surface area contributed by atoms with E-state index in [4.69, 9.17) is 11.6 Å². The molecule has 10 heteroatoms. The molecule has 5 nitrogen and oxygen atoms in total. The maximum Gasteiger partial charge on any atom is 0.418 e. The number of aromatic amines is 1. The van der Waals surface area contributed by atoms with E-state index in [1.165, 1.54) is 12.3 Å². The van der Waals surface area contributed by atoms with Crippen molar-refractivity contribution in [3.8, 4) is 0 Å². The van der Waals surface area contributed by atoms with E-state index >= 15 is 0 Å². The first kappa shape index (κ1) is 22.0. The molecule has 4 rings (SSSR count). The lowest BCUT2D eigenvalue weighted by Gasteiger charge is -2.31. The van der Waals surface area contributed by atoms with Crippen molar-refractivity contribution in [3.05, 3.63) is 53.2 Å². The van der Waals surface area contributed by atoms with Crippen molar-refractivity contribution in [2.24, 2.45) is 0 Å². The molecule has 2 aromatic carbocycles. The molecule has 0 bridgehead atoms. The molecule has 1 saturated heterocycles. The molecule has 2 heterocycles. The highest BCUT2D eigenvalue weighted by atomic mass is 35.5. The number of H-pyrrole nitrogens is 1. The Labute approximate surface area is 183 Å². The highest BCUT2D eigenvalue weighted by Gasteiger charge is 2.35. The van der Waals surface area contributed by atoms with Gasteiger partial charge in [-0.15, -0.1) is 0 Å². The molecular weight excluding hydrogens is 451 g/mol. The predicted octanol–water partition coefficient (Wildman–Crippen LogP) is 5.18. The van der Waals surface area contributed by atoms with Crippen molar-refractivity contribution in [2.45, 2.75) is 34.9 Å². The molecule has 31 heavy (non-hydrogen) atoms. The van der Waals surface area contributed by atoms with Crippen molar-refractivity contribution in [2.75, 3.05) is 25.5 Å². The van der Waals surface area contributed by atoms with Crippen LogP contribution in [0.2, 0.25) is 5.02 Å². The number of hydrogen-bond donors (Lipinski definition) is 2. The Balaban J connectivity index is 1.76. The normalized spacial score (nSPS) is 16.7. The minimum Gasteiger partial charge on any atom is -0.382 e. The lowest BCUT2D eigenvalue weighted by molar-refractivity contribution is -0.137. The minimum atomic E-state index is -4.61. The van der Waals surface area contributed by atoms with Crippen LogP contribution in [0, 0.1) is 0 Å². The van der Waals surface area contributed by atoms with Gasteiger partial charge in [0.2, 0.25) is 9.84 Å². The second-order valence-corrected chi connectivity index (χ2v) is 10.1. The average Bonchev–Trinajstić information content (AvgIpc) is 3.12. The van der Waals surface area contributed by atoms with Crippen LogP contribution in [0.25, 0.3) is 10.9 Å². The van der Waals surface area contributed by atoms with Crippen LogP contribution in [0.1, 0.15) is 18.4 Å². The van der Waals surface area contributed by atoms with Crippen LogP contribution in [0.15, 0.2) is 52.4 Å². The number of rotatable bonds is 4. The number of halogens is 4. The molecule has 1 aliphatic rings. The van der Waals surface area contributed by atoms with E-state index in [9.17, 15) is 21.6 Å². The number of nitrogens with one attached hydrogen (secondary N) is 2. The topological polar surface area (TPSA) is 65.2 Å². The summed E-state index contributed by atoms with van der Waals surface area (Å²) >= 11 is 6.01. The maximum absolute atomic E-state index is 13.6. The minimum absolute atomic E-state index is 0.0324. The first-order chi connectivity index (χ1) is 14.6. The summed E-state index contributed by atoms with van der Waals surface area (Å²) in [7, 11) is -2.12. The fourth-order valence-electron chi connectivity index (χ4n) is 3.85. The van der Waals surface area contributed by atoms with Crippen molar-refractivity contribution in [1.29, 1.82) is 0 Å². The van der Waals surface area contributed by atoms with Gasteiger partial charge in [0, 0.05) is 33.9 Å².